The molecule has 0 amide bonds. The highest BCUT2D eigenvalue weighted by Gasteiger charge is 2.13. The molecule has 0 unspecified atom stereocenters. The lowest BCUT2D eigenvalue weighted by molar-refractivity contribution is 0.213. The molecular weight excluding hydrogens is 477 g/mol. The van der Waals surface area contributed by atoms with Gasteiger partial charge in [-0.05, 0) is 63.0 Å². The highest BCUT2D eigenvalue weighted by atomic mass is 35.5. The molecule has 0 saturated carbocycles. The number of ether oxygens (including phenoxy) is 1. The van der Waals surface area contributed by atoms with Gasteiger partial charge in [0.1, 0.15) is 29.0 Å². The van der Waals surface area contributed by atoms with E-state index in [1.54, 1.807) is 12.4 Å². The van der Waals surface area contributed by atoms with Gasteiger partial charge in [0.2, 0.25) is 0 Å². The standard InChI is InChI=1S/C24H27N5O3.2ClH/c1-27-7-3-8-28(11-10-27)12-13-31-19-5-6-23-20(15-19)21(26-30)16-24(32-23)22-14-18-4-2-9-29(18)17-25-22;;/h2,4-6,9,14-17,30H,3,7-8,10-13H2,1H3;2*1H/b26-21-;;. The molecular formula is C24H29Cl2N5O3. The van der Waals surface area contributed by atoms with Gasteiger partial charge >= 0.3 is 0 Å². The van der Waals surface area contributed by atoms with Gasteiger partial charge in [-0.1, -0.05) is 5.16 Å². The molecule has 34 heavy (non-hydrogen) atoms. The molecule has 1 aliphatic rings. The molecule has 4 heterocycles. The van der Waals surface area contributed by atoms with Crippen molar-refractivity contribution < 1.29 is 14.4 Å². The largest absolute Gasteiger partial charge is 0.492 e. The van der Waals surface area contributed by atoms with Gasteiger partial charge in [0.05, 0.1) is 11.7 Å². The van der Waals surface area contributed by atoms with Crippen molar-refractivity contribution in [1.29, 1.82) is 0 Å². The van der Waals surface area contributed by atoms with Crippen LogP contribution in [0.25, 0.3) is 27.9 Å². The fourth-order valence-corrected chi connectivity index (χ4v) is 4.13. The minimum Gasteiger partial charge on any atom is -0.492 e. The van der Waals surface area contributed by atoms with E-state index < -0.39 is 0 Å². The average Bonchev–Trinajstić information content (AvgIpc) is 3.19. The maximum atomic E-state index is 9.64. The van der Waals surface area contributed by atoms with Crippen LogP contribution in [-0.2, 0) is 0 Å². The van der Waals surface area contributed by atoms with E-state index in [9.17, 15) is 5.21 Å². The SMILES string of the molecule is CN1CCCN(CCOc2ccc3oc(-c4cc5cccn5cn4)c/c(=N/O)c3c2)CC1.Cl.Cl. The Bertz CT molecular complexity index is 1310. The van der Waals surface area contributed by atoms with Crippen molar-refractivity contribution in [3.8, 4) is 17.2 Å². The quantitative estimate of drug-likeness (QED) is 0.327. The van der Waals surface area contributed by atoms with Crippen LogP contribution in [0.3, 0.4) is 0 Å². The number of fused-ring (bicyclic) bond motifs is 2. The van der Waals surface area contributed by atoms with Crippen molar-refractivity contribution in [2.75, 3.05) is 46.4 Å². The van der Waals surface area contributed by atoms with E-state index in [2.05, 4.69) is 27.0 Å². The predicted octanol–water partition coefficient (Wildman–Crippen LogP) is 3.90. The first-order chi connectivity index (χ1) is 15.7. The molecule has 0 bridgehead atoms. The minimum atomic E-state index is 0. The Kier molecular flexibility index (Phi) is 8.79. The van der Waals surface area contributed by atoms with E-state index >= 15 is 0 Å². The van der Waals surface area contributed by atoms with Gasteiger partial charge in [-0.15, -0.1) is 24.8 Å². The van der Waals surface area contributed by atoms with Gasteiger partial charge in [-0.3, -0.25) is 4.90 Å². The average molecular weight is 506 g/mol. The van der Waals surface area contributed by atoms with Crippen molar-refractivity contribution in [2.45, 2.75) is 6.42 Å². The molecule has 3 aromatic heterocycles. The van der Waals surface area contributed by atoms with Crippen LogP contribution in [0.15, 0.2) is 64.6 Å². The topological polar surface area (TPSA) is 78.7 Å². The Morgan fingerprint density at radius 1 is 1.09 bits per heavy atom. The molecule has 0 spiro atoms. The first-order valence-electron chi connectivity index (χ1n) is 10.9. The third kappa shape index (κ3) is 5.64. The van der Waals surface area contributed by atoms with Crippen LogP contribution < -0.4 is 10.1 Å². The summed E-state index contributed by atoms with van der Waals surface area (Å²) in [7, 11) is 2.17. The first-order valence-corrected chi connectivity index (χ1v) is 10.9. The van der Waals surface area contributed by atoms with Gasteiger partial charge in [0, 0.05) is 37.4 Å². The number of nitrogens with zero attached hydrogens (tertiary/aromatic N) is 5. The van der Waals surface area contributed by atoms with Crippen molar-refractivity contribution in [3.05, 3.63) is 60.3 Å². The lowest BCUT2D eigenvalue weighted by Crippen LogP contribution is -2.32. The van der Waals surface area contributed by atoms with Crippen molar-refractivity contribution in [3.63, 3.8) is 0 Å². The second-order valence-corrected chi connectivity index (χ2v) is 8.22. The maximum absolute atomic E-state index is 9.64. The van der Waals surface area contributed by atoms with Crippen LogP contribution >= 0.6 is 24.8 Å². The highest BCUT2D eigenvalue weighted by Crippen LogP contribution is 2.24. The molecule has 0 aliphatic carbocycles. The number of aromatic nitrogens is 2. The third-order valence-corrected chi connectivity index (χ3v) is 5.98. The molecule has 1 fully saturated rings. The van der Waals surface area contributed by atoms with Gasteiger partial charge in [0.15, 0.2) is 5.76 Å². The second kappa shape index (κ2) is 11.6. The molecule has 0 atom stereocenters. The summed E-state index contributed by atoms with van der Waals surface area (Å²) in [4.78, 5) is 9.27. The lowest BCUT2D eigenvalue weighted by atomic mass is 10.2. The summed E-state index contributed by atoms with van der Waals surface area (Å²) in [5.74, 6) is 1.26. The molecule has 1 aromatic carbocycles. The summed E-state index contributed by atoms with van der Waals surface area (Å²) >= 11 is 0. The molecule has 1 saturated heterocycles. The number of hydrogen-bond acceptors (Lipinski definition) is 7. The monoisotopic (exact) mass is 505 g/mol. The first kappa shape index (κ1) is 25.8. The Hall–Kier alpha value is -2.78. The van der Waals surface area contributed by atoms with E-state index in [1.165, 1.54) is 6.42 Å². The molecule has 1 aliphatic heterocycles. The fourth-order valence-electron chi connectivity index (χ4n) is 4.13. The number of rotatable bonds is 5. The van der Waals surface area contributed by atoms with E-state index in [0.29, 0.717) is 34.4 Å². The van der Waals surface area contributed by atoms with Gasteiger partial charge in [-0.2, -0.15) is 0 Å². The zero-order chi connectivity index (χ0) is 21.9. The number of halogens is 2. The zero-order valence-electron chi connectivity index (χ0n) is 19.0. The van der Waals surface area contributed by atoms with Gasteiger partial charge in [0.25, 0.3) is 0 Å². The molecule has 8 nitrogen and oxygen atoms in total. The van der Waals surface area contributed by atoms with Gasteiger partial charge < -0.3 is 23.7 Å². The van der Waals surface area contributed by atoms with Crippen molar-refractivity contribution >= 4 is 41.3 Å². The van der Waals surface area contributed by atoms with Gasteiger partial charge in [-0.25, -0.2) is 4.98 Å². The maximum Gasteiger partial charge on any atom is 0.155 e. The third-order valence-electron chi connectivity index (χ3n) is 5.98. The Balaban J connectivity index is 0.00000162. The van der Waals surface area contributed by atoms with E-state index in [0.717, 1.165) is 44.0 Å². The highest BCUT2D eigenvalue weighted by molar-refractivity contribution is 5.85. The van der Waals surface area contributed by atoms with E-state index in [4.69, 9.17) is 9.15 Å². The Morgan fingerprint density at radius 2 is 1.97 bits per heavy atom. The van der Waals surface area contributed by atoms with Crippen LogP contribution in [0.4, 0.5) is 0 Å². The fraction of sp³-hybridized carbons (Fsp3) is 0.333. The summed E-state index contributed by atoms with van der Waals surface area (Å²) in [5.41, 5.74) is 2.29. The summed E-state index contributed by atoms with van der Waals surface area (Å²) in [5, 5.41) is 14.2. The van der Waals surface area contributed by atoms with Crippen molar-refractivity contribution in [1.82, 2.24) is 19.2 Å². The minimum absolute atomic E-state index is 0. The summed E-state index contributed by atoms with van der Waals surface area (Å²) in [6, 6.07) is 13.2. The smallest absolute Gasteiger partial charge is 0.155 e. The second-order valence-electron chi connectivity index (χ2n) is 8.22. The number of hydrogen-bond donors (Lipinski definition) is 1. The molecule has 10 heteroatoms. The summed E-state index contributed by atoms with van der Waals surface area (Å²) in [6.07, 6.45) is 4.86. The van der Waals surface area contributed by atoms with E-state index in [-0.39, 0.29) is 24.8 Å². The van der Waals surface area contributed by atoms with Crippen LogP contribution in [0.5, 0.6) is 5.75 Å². The van der Waals surface area contributed by atoms with Crippen LogP contribution in [0.1, 0.15) is 6.42 Å². The Morgan fingerprint density at radius 3 is 2.82 bits per heavy atom. The molecule has 5 rings (SSSR count). The van der Waals surface area contributed by atoms with Crippen LogP contribution in [0.2, 0.25) is 0 Å². The number of benzene rings is 1. The normalized spacial score (nSPS) is 15.6. The molecule has 0 radical (unpaired) electrons. The predicted molar refractivity (Wildman–Crippen MR) is 136 cm³/mol. The van der Waals surface area contributed by atoms with Crippen LogP contribution in [-0.4, -0.2) is 70.8 Å². The molecule has 1 N–H and O–H groups in total. The zero-order valence-corrected chi connectivity index (χ0v) is 20.6. The Labute approximate surface area is 210 Å². The number of likely N-dealkylation sites (N-methyl/N-ethyl adjacent to an activating group) is 1. The van der Waals surface area contributed by atoms with Crippen LogP contribution in [0, 0.1) is 0 Å². The molecule has 182 valence electrons. The van der Waals surface area contributed by atoms with E-state index in [1.807, 2.05) is 47.0 Å². The summed E-state index contributed by atoms with van der Waals surface area (Å²) in [6.45, 7) is 5.90. The lowest BCUT2D eigenvalue weighted by Gasteiger charge is -2.20. The summed E-state index contributed by atoms with van der Waals surface area (Å²) < 4.78 is 14.0. The molecule has 4 aromatic rings. The van der Waals surface area contributed by atoms with Crippen molar-refractivity contribution in [2.24, 2.45) is 5.16 Å².